The van der Waals surface area contributed by atoms with Crippen LogP contribution in [0.15, 0.2) is 103 Å². The van der Waals surface area contributed by atoms with Gasteiger partial charge in [-0.25, -0.2) is 18.2 Å². The summed E-state index contributed by atoms with van der Waals surface area (Å²) in [6.45, 7) is 0. The molecule has 5 rings (SSSR count). The first-order valence-corrected chi connectivity index (χ1v) is 15.6. The van der Waals surface area contributed by atoms with Gasteiger partial charge in [0.2, 0.25) is 10.0 Å². The molecular formula is C32H27Cl2N3O4S. The summed E-state index contributed by atoms with van der Waals surface area (Å²) in [5.41, 5.74) is 5.40. The normalized spacial score (nSPS) is 12.1. The highest BCUT2D eigenvalue weighted by Crippen LogP contribution is 2.36. The van der Waals surface area contributed by atoms with Crippen molar-refractivity contribution in [1.82, 2.24) is 9.55 Å². The Kier molecular flexibility index (Phi) is 8.68. The van der Waals surface area contributed by atoms with Crippen LogP contribution in [0.5, 0.6) is 0 Å². The first kappa shape index (κ1) is 29.4. The van der Waals surface area contributed by atoms with Crippen molar-refractivity contribution in [2.75, 3.05) is 18.1 Å². The van der Waals surface area contributed by atoms with E-state index in [1.807, 2.05) is 65.4 Å². The molecule has 4 aromatic carbocycles. The molecule has 0 spiro atoms. The molecule has 214 valence electrons. The second-order valence-electron chi connectivity index (χ2n) is 9.72. The maximum atomic E-state index is 12.8. The highest BCUT2D eigenvalue weighted by Gasteiger charge is 2.26. The minimum atomic E-state index is -3.34. The van der Waals surface area contributed by atoms with Gasteiger partial charge in [-0.2, -0.15) is 0 Å². The SMILES string of the molecule is COC(=O)c1ccccc1C(c1ccc(Cl)cc1Cl)n1ccnc1Cc1ccc(-c2ccc(NS(C)(=O)=O)cc2)cc1. The standard InChI is InChI=1S/C32H27Cl2N3O4S/c1-41-32(38)27-6-4-3-5-26(27)31(28-16-13-24(33)20-29(28)34)37-18-17-35-30(37)19-21-7-9-22(10-8-21)23-11-14-25(15-12-23)36-42(2,39)40/h3-18,20,31,36H,19H2,1-2H3. The third-order valence-electron chi connectivity index (χ3n) is 6.78. The first-order valence-electron chi connectivity index (χ1n) is 12.9. The molecule has 0 aliphatic rings. The van der Waals surface area contributed by atoms with Gasteiger partial charge in [0, 0.05) is 34.5 Å². The fraction of sp³-hybridized carbons (Fsp3) is 0.125. The Morgan fingerprint density at radius 3 is 2.24 bits per heavy atom. The van der Waals surface area contributed by atoms with Crippen LogP contribution in [-0.4, -0.2) is 37.3 Å². The van der Waals surface area contributed by atoms with Gasteiger partial charge in [0.1, 0.15) is 5.82 Å². The number of hydrogen-bond donors (Lipinski definition) is 1. The van der Waals surface area contributed by atoms with Crippen molar-refractivity contribution in [2.45, 2.75) is 12.5 Å². The van der Waals surface area contributed by atoms with E-state index < -0.39 is 22.0 Å². The molecule has 1 unspecified atom stereocenters. The number of halogens is 2. The van der Waals surface area contributed by atoms with Crippen LogP contribution in [0.25, 0.3) is 11.1 Å². The molecule has 10 heteroatoms. The number of ether oxygens (including phenoxy) is 1. The Balaban J connectivity index is 1.48. The summed E-state index contributed by atoms with van der Waals surface area (Å²) >= 11 is 12.9. The number of nitrogens with one attached hydrogen (secondary N) is 1. The molecule has 5 aromatic rings. The predicted molar refractivity (Wildman–Crippen MR) is 167 cm³/mol. The first-order chi connectivity index (χ1) is 20.1. The number of hydrogen-bond acceptors (Lipinski definition) is 5. The quantitative estimate of drug-likeness (QED) is 0.176. The van der Waals surface area contributed by atoms with E-state index in [0.29, 0.717) is 27.7 Å². The van der Waals surface area contributed by atoms with Crippen molar-refractivity contribution in [3.63, 3.8) is 0 Å². The van der Waals surface area contributed by atoms with Crippen LogP contribution in [-0.2, 0) is 21.2 Å². The lowest BCUT2D eigenvalue weighted by atomic mass is 9.93. The number of anilines is 1. The van der Waals surface area contributed by atoms with Crippen molar-refractivity contribution in [3.05, 3.63) is 142 Å². The average molecular weight is 621 g/mol. The predicted octanol–water partition coefficient (Wildman–Crippen LogP) is 7.24. The molecule has 0 aliphatic carbocycles. The van der Waals surface area contributed by atoms with Crippen molar-refractivity contribution < 1.29 is 17.9 Å². The molecule has 0 amide bonds. The van der Waals surface area contributed by atoms with Crippen LogP contribution in [0.3, 0.4) is 0 Å². The van der Waals surface area contributed by atoms with Gasteiger partial charge in [0.25, 0.3) is 0 Å². The van der Waals surface area contributed by atoms with E-state index >= 15 is 0 Å². The maximum absolute atomic E-state index is 12.8. The van der Waals surface area contributed by atoms with Crippen LogP contribution in [0.1, 0.15) is 38.9 Å². The lowest BCUT2D eigenvalue weighted by Crippen LogP contribution is -2.19. The van der Waals surface area contributed by atoms with Crippen LogP contribution in [0.4, 0.5) is 5.69 Å². The van der Waals surface area contributed by atoms with E-state index in [4.69, 9.17) is 27.9 Å². The van der Waals surface area contributed by atoms with E-state index in [9.17, 15) is 13.2 Å². The molecule has 7 nitrogen and oxygen atoms in total. The highest BCUT2D eigenvalue weighted by atomic mass is 35.5. The van der Waals surface area contributed by atoms with Crippen molar-refractivity contribution in [1.29, 1.82) is 0 Å². The van der Waals surface area contributed by atoms with Crippen LogP contribution >= 0.6 is 23.2 Å². The topological polar surface area (TPSA) is 90.3 Å². The molecule has 0 radical (unpaired) electrons. The van der Waals surface area contributed by atoms with Crippen LogP contribution in [0.2, 0.25) is 10.0 Å². The minimum absolute atomic E-state index is 0.428. The number of methoxy groups -OCH3 is 1. The maximum Gasteiger partial charge on any atom is 0.338 e. The molecule has 42 heavy (non-hydrogen) atoms. The van der Waals surface area contributed by atoms with Gasteiger partial charge in [0.15, 0.2) is 0 Å². The second-order valence-corrected chi connectivity index (χ2v) is 12.3. The van der Waals surface area contributed by atoms with Crippen LogP contribution in [0, 0.1) is 0 Å². The molecule has 0 saturated carbocycles. The fourth-order valence-corrected chi connectivity index (χ4v) is 5.96. The third kappa shape index (κ3) is 6.68. The van der Waals surface area contributed by atoms with Gasteiger partial charge in [-0.1, -0.05) is 83.9 Å². The lowest BCUT2D eigenvalue weighted by molar-refractivity contribution is 0.0599. The number of aromatic nitrogens is 2. The van der Waals surface area contributed by atoms with Gasteiger partial charge in [-0.3, -0.25) is 4.72 Å². The van der Waals surface area contributed by atoms with Gasteiger partial charge in [-0.05, 0) is 58.1 Å². The lowest BCUT2D eigenvalue weighted by Gasteiger charge is -2.25. The van der Waals surface area contributed by atoms with Gasteiger partial charge in [-0.15, -0.1) is 0 Å². The van der Waals surface area contributed by atoms with E-state index in [1.54, 1.807) is 42.6 Å². The summed E-state index contributed by atoms with van der Waals surface area (Å²) < 4.78 is 32.5. The van der Waals surface area contributed by atoms with Crippen molar-refractivity contribution in [3.8, 4) is 11.1 Å². The number of nitrogens with zero attached hydrogens (tertiary/aromatic N) is 2. The van der Waals surface area contributed by atoms with Crippen molar-refractivity contribution >= 4 is 44.9 Å². The van der Waals surface area contributed by atoms with E-state index in [1.165, 1.54) is 7.11 Å². The molecular weight excluding hydrogens is 593 g/mol. The van der Waals surface area contributed by atoms with Gasteiger partial charge >= 0.3 is 5.97 Å². The number of carbonyl (C=O) groups excluding carboxylic acids is 1. The number of sulfonamides is 1. The number of benzene rings is 4. The molecule has 1 aromatic heterocycles. The van der Waals surface area contributed by atoms with Gasteiger partial charge < -0.3 is 9.30 Å². The van der Waals surface area contributed by atoms with E-state index in [0.717, 1.165) is 39.9 Å². The van der Waals surface area contributed by atoms with Gasteiger partial charge in [0.05, 0.1) is 25.0 Å². The number of rotatable bonds is 9. The summed E-state index contributed by atoms with van der Waals surface area (Å²) in [5, 5.41) is 0.977. The molecule has 1 N–H and O–H groups in total. The van der Waals surface area contributed by atoms with E-state index in [2.05, 4.69) is 9.71 Å². The Labute approximate surface area is 254 Å². The van der Waals surface area contributed by atoms with Crippen molar-refractivity contribution in [2.24, 2.45) is 0 Å². The number of esters is 1. The minimum Gasteiger partial charge on any atom is -0.465 e. The fourth-order valence-electron chi connectivity index (χ4n) is 4.88. The molecule has 0 fully saturated rings. The number of imidazole rings is 1. The summed E-state index contributed by atoms with van der Waals surface area (Å²) in [4.78, 5) is 17.4. The molecule has 0 aliphatic heterocycles. The molecule has 1 heterocycles. The Bertz CT molecular complexity index is 1840. The Morgan fingerprint density at radius 2 is 1.60 bits per heavy atom. The smallest absolute Gasteiger partial charge is 0.338 e. The summed E-state index contributed by atoms with van der Waals surface area (Å²) in [5.74, 6) is 0.327. The van der Waals surface area contributed by atoms with Crippen LogP contribution < -0.4 is 4.72 Å². The summed E-state index contributed by atoms with van der Waals surface area (Å²) in [7, 11) is -1.98. The molecule has 0 bridgehead atoms. The second kappa shape index (κ2) is 12.4. The number of carbonyl (C=O) groups is 1. The average Bonchev–Trinajstić information content (AvgIpc) is 3.41. The summed E-state index contributed by atoms with van der Waals surface area (Å²) in [6.07, 6.45) is 5.24. The molecule has 1 atom stereocenters. The Hall–Kier alpha value is -4.11. The summed E-state index contributed by atoms with van der Waals surface area (Å²) in [6, 6.07) is 27.4. The zero-order chi connectivity index (χ0) is 29.9. The monoisotopic (exact) mass is 619 g/mol. The molecule has 0 saturated heterocycles. The Morgan fingerprint density at radius 1 is 0.929 bits per heavy atom. The highest BCUT2D eigenvalue weighted by molar-refractivity contribution is 7.92. The third-order valence-corrected chi connectivity index (χ3v) is 7.95. The van der Waals surface area contributed by atoms with E-state index in [-0.39, 0.29) is 0 Å². The largest absolute Gasteiger partial charge is 0.465 e. The zero-order valence-electron chi connectivity index (χ0n) is 22.8. The zero-order valence-corrected chi connectivity index (χ0v) is 25.1.